The maximum atomic E-state index is 13.1. The Morgan fingerprint density at radius 1 is 1.11 bits per heavy atom. The summed E-state index contributed by atoms with van der Waals surface area (Å²) in [4.78, 5) is 41.8. The summed E-state index contributed by atoms with van der Waals surface area (Å²) in [5, 5.41) is 0. The van der Waals surface area contributed by atoms with Gasteiger partial charge < -0.3 is 19.1 Å². The Morgan fingerprint density at radius 3 is 2.50 bits per heavy atom. The molecule has 1 aromatic heterocycles. The van der Waals surface area contributed by atoms with E-state index in [9.17, 15) is 14.4 Å². The molecule has 3 heterocycles. The van der Waals surface area contributed by atoms with Crippen molar-refractivity contribution in [1.82, 2.24) is 14.4 Å². The first-order valence-corrected chi connectivity index (χ1v) is 9.35. The van der Waals surface area contributed by atoms with Crippen LogP contribution in [-0.4, -0.2) is 58.4 Å². The molecule has 0 bridgehead atoms. The molecule has 0 aliphatic carbocycles. The normalized spacial score (nSPS) is 24.2. The average molecular weight is 381 g/mol. The van der Waals surface area contributed by atoms with Crippen LogP contribution >= 0.6 is 0 Å². The molecule has 0 radical (unpaired) electrons. The molecule has 2 aliphatic heterocycles. The molecular formula is C21H23N3O4. The molecule has 3 atom stereocenters. The number of methoxy groups -OCH3 is 1. The second-order valence-electron chi connectivity index (χ2n) is 7.37. The van der Waals surface area contributed by atoms with Crippen molar-refractivity contribution in [3.63, 3.8) is 0 Å². The van der Waals surface area contributed by atoms with Gasteiger partial charge >= 0.3 is 5.97 Å². The van der Waals surface area contributed by atoms with Gasteiger partial charge in [0.2, 0.25) is 5.91 Å². The van der Waals surface area contributed by atoms with Crippen molar-refractivity contribution in [2.75, 3.05) is 20.2 Å². The van der Waals surface area contributed by atoms with E-state index in [1.807, 2.05) is 30.3 Å². The van der Waals surface area contributed by atoms with Crippen LogP contribution in [0.25, 0.3) is 0 Å². The minimum absolute atomic E-state index is 0.0116. The molecule has 4 rings (SSSR count). The van der Waals surface area contributed by atoms with Crippen molar-refractivity contribution < 1.29 is 19.1 Å². The van der Waals surface area contributed by atoms with Crippen LogP contribution in [0.1, 0.15) is 28.5 Å². The van der Waals surface area contributed by atoms with Gasteiger partial charge in [-0.3, -0.25) is 14.4 Å². The van der Waals surface area contributed by atoms with E-state index >= 15 is 0 Å². The maximum absolute atomic E-state index is 13.1. The Bertz CT molecular complexity index is 907. The number of rotatable bonds is 3. The highest BCUT2D eigenvalue weighted by Gasteiger charge is 2.51. The molecule has 2 fully saturated rings. The van der Waals surface area contributed by atoms with Crippen molar-refractivity contribution in [3.05, 3.63) is 59.9 Å². The number of nitrogens with zero attached hydrogens (tertiary/aromatic N) is 3. The van der Waals surface area contributed by atoms with Crippen LogP contribution in [0.15, 0.2) is 48.7 Å². The number of piperazine rings is 1. The third kappa shape index (κ3) is 2.96. The van der Waals surface area contributed by atoms with Gasteiger partial charge in [-0.25, -0.2) is 0 Å². The van der Waals surface area contributed by atoms with Gasteiger partial charge in [0.15, 0.2) is 0 Å². The van der Waals surface area contributed by atoms with E-state index in [1.165, 1.54) is 7.11 Å². The highest BCUT2D eigenvalue weighted by molar-refractivity contribution is 5.96. The fourth-order valence-electron chi connectivity index (χ4n) is 4.46. The van der Waals surface area contributed by atoms with Crippen molar-refractivity contribution in [1.29, 1.82) is 0 Å². The van der Waals surface area contributed by atoms with Crippen LogP contribution in [0.3, 0.4) is 0 Å². The van der Waals surface area contributed by atoms with Crippen LogP contribution in [0, 0.1) is 5.92 Å². The molecule has 2 saturated heterocycles. The van der Waals surface area contributed by atoms with E-state index in [4.69, 9.17) is 4.74 Å². The predicted octanol–water partition coefficient (Wildman–Crippen LogP) is 1.61. The standard InChI is InChI=1S/C21H23N3O4/c1-22-10-6-9-17(22)20(26)23-12-15-11-16(21(27)28-2)19(24(15)18(25)13-23)14-7-4-3-5-8-14/h3-10,15-16,19H,11-13H2,1-2H3/t15-,16-,19-/m0/s1. The largest absolute Gasteiger partial charge is 0.469 e. The molecular weight excluding hydrogens is 358 g/mol. The molecule has 0 saturated carbocycles. The highest BCUT2D eigenvalue weighted by Crippen LogP contribution is 2.43. The second kappa shape index (κ2) is 7.14. The zero-order chi connectivity index (χ0) is 19.8. The van der Waals surface area contributed by atoms with Crippen LogP contribution in [0.4, 0.5) is 0 Å². The molecule has 146 valence electrons. The van der Waals surface area contributed by atoms with Crippen molar-refractivity contribution in [3.8, 4) is 0 Å². The number of amides is 2. The molecule has 0 spiro atoms. The Labute approximate surface area is 163 Å². The van der Waals surface area contributed by atoms with E-state index in [2.05, 4.69) is 0 Å². The quantitative estimate of drug-likeness (QED) is 0.758. The number of aromatic nitrogens is 1. The molecule has 2 aromatic rings. The lowest BCUT2D eigenvalue weighted by atomic mass is 9.93. The van der Waals surface area contributed by atoms with Crippen LogP contribution < -0.4 is 0 Å². The van der Waals surface area contributed by atoms with Crippen molar-refractivity contribution in [2.45, 2.75) is 18.5 Å². The maximum Gasteiger partial charge on any atom is 0.311 e. The summed E-state index contributed by atoms with van der Waals surface area (Å²) < 4.78 is 6.76. The Kier molecular flexibility index (Phi) is 4.66. The lowest BCUT2D eigenvalue weighted by Crippen LogP contribution is -2.56. The number of esters is 1. The molecule has 0 N–H and O–H groups in total. The van der Waals surface area contributed by atoms with Gasteiger partial charge in [-0.05, 0) is 24.1 Å². The first kappa shape index (κ1) is 18.3. The van der Waals surface area contributed by atoms with Crippen molar-refractivity contribution in [2.24, 2.45) is 13.0 Å². The zero-order valence-corrected chi connectivity index (χ0v) is 15.9. The fourth-order valence-corrected chi connectivity index (χ4v) is 4.46. The third-order valence-electron chi connectivity index (χ3n) is 5.74. The van der Waals surface area contributed by atoms with Gasteiger partial charge in [0.05, 0.1) is 25.1 Å². The van der Waals surface area contributed by atoms with Crippen LogP contribution in [0.5, 0.6) is 0 Å². The minimum Gasteiger partial charge on any atom is -0.469 e. The van der Waals surface area contributed by atoms with E-state index < -0.39 is 5.92 Å². The molecule has 7 nitrogen and oxygen atoms in total. The highest BCUT2D eigenvalue weighted by atomic mass is 16.5. The van der Waals surface area contributed by atoms with E-state index in [1.54, 1.807) is 39.7 Å². The van der Waals surface area contributed by atoms with E-state index in [0.717, 1.165) is 5.56 Å². The summed E-state index contributed by atoms with van der Waals surface area (Å²) in [5.74, 6) is -1.07. The predicted molar refractivity (Wildman–Crippen MR) is 101 cm³/mol. The minimum atomic E-state index is -0.438. The van der Waals surface area contributed by atoms with Gasteiger partial charge in [0.25, 0.3) is 5.91 Å². The SMILES string of the molecule is COC(=O)[C@H]1C[C@H]2CN(C(=O)c3cccn3C)CC(=O)N2[C@H]1c1ccccc1. The van der Waals surface area contributed by atoms with Crippen molar-refractivity contribution >= 4 is 17.8 Å². The number of hydrogen-bond acceptors (Lipinski definition) is 4. The monoisotopic (exact) mass is 381 g/mol. The van der Waals surface area contributed by atoms with Gasteiger partial charge in [-0.2, -0.15) is 0 Å². The Balaban J connectivity index is 1.64. The summed E-state index contributed by atoms with van der Waals surface area (Å²) in [7, 11) is 3.17. The van der Waals surface area contributed by atoms with Gasteiger partial charge in [-0.15, -0.1) is 0 Å². The lowest BCUT2D eigenvalue weighted by Gasteiger charge is -2.40. The molecule has 1 aromatic carbocycles. The third-order valence-corrected chi connectivity index (χ3v) is 5.74. The summed E-state index contributed by atoms with van der Waals surface area (Å²) in [6.45, 7) is 0.421. The number of ether oxygens (including phenoxy) is 1. The average Bonchev–Trinajstić information content (AvgIpc) is 3.31. The Morgan fingerprint density at radius 2 is 1.86 bits per heavy atom. The smallest absolute Gasteiger partial charge is 0.311 e. The summed E-state index contributed by atoms with van der Waals surface area (Å²) >= 11 is 0. The van der Waals surface area contributed by atoms with E-state index in [-0.39, 0.29) is 36.4 Å². The molecule has 28 heavy (non-hydrogen) atoms. The summed E-state index contributed by atoms with van der Waals surface area (Å²) in [5.41, 5.74) is 1.46. The fraction of sp³-hybridized carbons (Fsp3) is 0.381. The number of carbonyl (C=O) groups is 3. The van der Waals surface area contributed by atoms with Crippen LogP contribution in [-0.2, 0) is 21.4 Å². The van der Waals surface area contributed by atoms with Crippen LogP contribution in [0.2, 0.25) is 0 Å². The summed E-state index contributed by atoms with van der Waals surface area (Å²) in [6.07, 6.45) is 2.29. The molecule has 2 aliphatic rings. The molecule has 7 heteroatoms. The second-order valence-corrected chi connectivity index (χ2v) is 7.37. The summed E-state index contributed by atoms with van der Waals surface area (Å²) in [6, 6.07) is 12.5. The number of fused-ring (bicyclic) bond motifs is 1. The van der Waals surface area contributed by atoms with E-state index in [0.29, 0.717) is 18.7 Å². The Hall–Kier alpha value is -3.09. The molecule has 2 amide bonds. The van der Waals surface area contributed by atoms with Gasteiger partial charge in [-0.1, -0.05) is 30.3 Å². The first-order valence-electron chi connectivity index (χ1n) is 9.35. The number of hydrogen-bond donors (Lipinski definition) is 0. The van der Waals surface area contributed by atoms with Gasteiger partial charge in [0, 0.05) is 19.8 Å². The molecule has 0 unspecified atom stereocenters. The number of carbonyl (C=O) groups excluding carboxylic acids is 3. The zero-order valence-electron chi connectivity index (χ0n) is 15.9. The topological polar surface area (TPSA) is 71.8 Å². The number of aryl methyl sites for hydroxylation is 1. The van der Waals surface area contributed by atoms with Gasteiger partial charge in [0.1, 0.15) is 12.2 Å². The lowest BCUT2D eigenvalue weighted by molar-refractivity contribution is -0.147. The number of benzene rings is 1. The first-order chi connectivity index (χ1) is 13.5.